The molecular weight excluding hydrogens is 410 g/mol. The van der Waals surface area contributed by atoms with Crippen molar-refractivity contribution >= 4 is 15.7 Å². The summed E-state index contributed by atoms with van der Waals surface area (Å²) in [6.07, 6.45) is 2.98. The van der Waals surface area contributed by atoms with Gasteiger partial charge in [-0.1, -0.05) is 18.2 Å². The summed E-state index contributed by atoms with van der Waals surface area (Å²) in [4.78, 5) is 15.0. The van der Waals surface area contributed by atoms with E-state index in [1.54, 1.807) is 0 Å². The van der Waals surface area contributed by atoms with Crippen molar-refractivity contribution in [2.45, 2.75) is 24.3 Å². The van der Waals surface area contributed by atoms with Crippen LogP contribution < -0.4 is 4.74 Å². The molecule has 1 saturated heterocycles. The first-order valence-corrected chi connectivity index (χ1v) is 10.8. The maximum absolute atomic E-state index is 12.7. The number of sulfonamides is 1. The van der Waals surface area contributed by atoms with Crippen molar-refractivity contribution in [3.8, 4) is 17.2 Å². The van der Waals surface area contributed by atoms with Gasteiger partial charge in [-0.05, 0) is 37.1 Å². The topological polar surface area (TPSA) is 116 Å². The minimum absolute atomic E-state index is 0.0374. The van der Waals surface area contributed by atoms with Crippen molar-refractivity contribution < 1.29 is 22.5 Å². The van der Waals surface area contributed by atoms with E-state index in [9.17, 15) is 18.5 Å². The predicted molar refractivity (Wildman–Crippen MR) is 107 cm³/mol. The van der Waals surface area contributed by atoms with Crippen LogP contribution in [0.2, 0.25) is 0 Å². The van der Waals surface area contributed by atoms with Gasteiger partial charge in [0, 0.05) is 24.7 Å². The third kappa shape index (κ3) is 4.05. The predicted octanol–water partition coefficient (Wildman–Crippen LogP) is 3.61. The SMILES string of the molecule is O=[N+]([O-])c1cc(S(=O)(=O)N2CCCC2)ccc1OCc1coc(-c2ccccc2)n1. The number of benzene rings is 2. The molecule has 9 nitrogen and oxygen atoms in total. The Hall–Kier alpha value is -3.24. The van der Waals surface area contributed by atoms with E-state index in [2.05, 4.69) is 4.98 Å². The second-order valence-electron chi connectivity index (χ2n) is 6.80. The van der Waals surface area contributed by atoms with Crippen LogP contribution in [0.5, 0.6) is 5.75 Å². The molecule has 0 bridgehead atoms. The van der Waals surface area contributed by atoms with Crippen LogP contribution in [-0.4, -0.2) is 35.7 Å². The van der Waals surface area contributed by atoms with E-state index < -0.39 is 20.6 Å². The van der Waals surface area contributed by atoms with Crippen LogP contribution in [0, 0.1) is 10.1 Å². The molecular formula is C20H19N3O6S. The molecule has 10 heteroatoms. The van der Waals surface area contributed by atoms with Gasteiger partial charge in [0.05, 0.1) is 9.82 Å². The van der Waals surface area contributed by atoms with Crippen molar-refractivity contribution in [2.24, 2.45) is 0 Å². The minimum atomic E-state index is -3.76. The number of rotatable bonds is 7. The summed E-state index contributed by atoms with van der Waals surface area (Å²) in [5.41, 5.74) is 0.838. The molecule has 2 heterocycles. The maximum atomic E-state index is 12.7. The molecule has 0 unspecified atom stereocenters. The summed E-state index contributed by atoms with van der Waals surface area (Å²) in [7, 11) is -3.76. The zero-order chi connectivity index (χ0) is 21.1. The first kappa shape index (κ1) is 20.0. The zero-order valence-electron chi connectivity index (χ0n) is 15.9. The highest BCUT2D eigenvalue weighted by molar-refractivity contribution is 7.89. The van der Waals surface area contributed by atoms with Gasteiger partial charge in [-0.25, -0.2) is 13.4 Å². The fourth-order valence-electron chi connectivity index (χ4n) is 3.24. The molecule has 1 aliphatic rings. The molecule has 156 valence electrons. The molecule has 0 aliphatic carbocycles. The van der Waals surface area contributed by atoms with E-state index in [1.165, 1.54) is 22.7 Å². The van der Waals surface area contributed by atoms with Crippen LogP contribution in [0.15, 0.2) is 64.1 Å². The fraction of sp³-hybridized carbons (Fsp3) is 0.250. The fourth-order valence-corrected chi connectivity index (χ4v) is 4.78. The van der Waals surface area contributed by atoms with Gasteiger partial charge in [0.15, 0.2) is 5.75 Å². The molecule has 4 rings (SSSR count). The number of hydrogen-bond donors (Lipinski definition) is 0. The van der Waals surface area contributed by atoms with E-state index in [0.717, 1.165) is 24.5 Å². The number of nitrogens with zero attached hydrogens (tertiary/aromatic N) is 3. The molecule has 30 heavy (non-hydrogen) atoms. The quantitative estimate of drug-likeness (QED) is 0.416. The Morgan fingerprint density at radius 3 is 2.57 bits per heavy atom. The van der Waals surface area contributed by atoms with E-state index in [-0.39, 0.29) is 17.3 Å². The van der Waals surface area contributed by atoms with Crippen LogP contribution >= 0.6 is 0 Å². The number of nitro benzene ring substituents is 1. The summed E-state index contributed by atoms with van der Waals surface area (Å²) >= 11 is 0. The highest BCUT2D eigenvalue weighted by atomic mass is 32.2. The Balaban J connectivity index is 1.53. The molecule has 0 saturated carbocycles. The summed E-state index contributed by atoms with van der Waals surface area (Å²) in [6, 6.07) is 13.0. The van der Waals surface area contributed by atoms with E-state index in [0.29, 0.717) is 24.7 Å². The highest BCUT2D eigenvalue weighted by Crippen LogP contribution is 2.32. The second kappa shape index (κ2) is 8.25. The molecule has 0 spiro atoms. The lowest BCUT2D eigenvalue weighted by Gasteiger charge is -2.15. The molecule has 1 aromatic heterocycles. The van der Waals surface area contributed by atoms with Crippen LogP contribution in [-0.2, 0) is 16.6 Å². The van der Waals surface area contributed by atoms with Crippen molar-refractivity contribution in [3.05, 3.63) is 70.6 Å². The number of nitro groups is 1. The van der Waals surface area contributed by atoms with Gasteiger partial charge >= 0.3 is 5.69 Å². The van der Waals surface area contributed by atoms with Gasteiger partial charge in [0.25, 0.3) is 0 Å². The summed E-state index contributed by atoms with van der Waals surface area (Å²) < 4.78 is 37.7. The Morgan fingerprint density at radius 2 is 1.87 bits per heavy atom. The molecule has 2 aromatic carbocycles. The van der Waals surface area contributed by atoms with Crippen molar-refractivity contribution in [2.75, 3.05) is 13.1 Å². The number of oxazole rings is 1. The van der Waals surface area contributed by atoms with Gasteiger partial charge in [0.1, 0.15) is 18.6 Å². The van der Waals surface area contributed by atoms with Crippen molar-refractivity contribution in [3.63, 3.8) is 0 Å². The molecule has 0 amide bonds. The summed E-state index contributed by atoms with van der Waals surface area (Å²) in [5, 5.41) is 11.5. The lowest BCUT2D eigenvalue weighted by atomic mass is 10.2. The Morgan fingerprint density at radius 1 is 1.13 bits per heavy atom. The molecule has 1 fully saturated rings. The monoisotopic (exact) mass is 429 g/mol. The second-order valence-corrected chi connectivity index (χ2v) is 8.73. The molecule has 0 atom stereocenters. The molecule has 1 aliphatic heterocycles. The lowest BCUT2D eigenvalue weighted by Crippen LogP contribution is -2.27. The lowest BCUT2D eigenvalue weighted by molar-refractivity contribution is -0.386. The van der Waals surface area contributed by atoms with Gasteiger partial charge in [-0.15, -0.1) is 0 Å². The van der Waals surface area contributed by atoms with Gasteiger partial charge in [-0.2, -0.15) is 4.31 Å². The smallest absolute Gasteiger partial charge is 0.312 e. The van der Waals surface area contributed by atoms with Gasteiger partial charge in [0.2, 0.25) is 15.9 Å². The normalized spacial score (nSPS) is 14.7. The number of ether oxygens (including phenoxy) is 1. The third-order valence-corrected chi connectivity index (χ3v) is 6.67. The summed E-state index contributed by atoms with van der Waals surface area (Å²) in [5.74, 6) is 0.375. The standard InChI is InChI=1S/C20H19N3O6S/c24-23(25)18-12-17(30(26,27)22-10-4-5-11-22)8-9-19(18)28-13-16-14-29-20(21-16)15-6-2-1-3-7-15/h1-3,6-9,12,14H,4-5,10-11,13H2. The average molecular weight is 429 g/mol. The van der Waals surface area contributed by atoms with E-state index >= 15 is 0 Å². The van der Waals surface area contributed by atoms with Gasteiger partial charge < -0.3 is 9.15 Å². The third-order valence-electron chi connectivity index (χ3n) is 4.78. The van der Waals surface area contributed by atoms with Crippen molar-refractivity contribution in [1.29, 1.82) is 0 Å². The van der Waals surface area contributed by atoms with Gasteiger partial charge in [-0.3, -0.25) is 10.1 Å². The molecule has 0 radical (unpaired) electrons. The Kier molecular flexibility index (Phi) is 5.51. The van der Waals surface area contributed by atoms with Crippen LogP contribution in [0.25, 0.3) is 11.5 Å². The first-order valence-electron chi connectivity index (χ1n) is 9.36. The van der Waals surface area contributed by atoms with Crippen LogP contribution in [0.3, 0.4) is 0 Å². The number of hydrogen-bond acceptors (Lipinski definition) is 7. The van der Waals surface area contributed by atoms with E-state index in [4.69, 9.17) is 9.15 Å². The molecule has 0 N–H and O–H groups in total. The van der Waals surface area contributed by atoms with Crippen LogP contribution in [0.1, 0.15) is 18.5 Å². The average Bonchev–Trinajstić information content (AvgIpc) is 3.45. The number of aromatic nitrogens is 1. The Bertz CT molecular complexity index is 1150. The Labute approximate surface area is 173 Å². The first-order chi connectivity index (χ1) is 14.4. The highest BCUT2D eigenvalue weighted by Gasteiger charge is 2.29. The van der Waals surface area contributed by atoms with Crippen molar-refractivity contribution in [1.82, 2.24) is 9.29 Å². The maximum Gasteiger partial charge on any atom is 0.312 e. The zero-order valence-corrected chi connectivity index (χ0v) is 16.7. The minimum Gasteiger partial charge on any atom is -0.480 e. The summed E-state index contributed by atoms with van der Waals surface area (Å²) in [6.45, 7) is 0.782. The molecule has 3 aromatic rings. The van der Waals surface area contributed by atoms with E-state index in [1.807, 2.05) is 30.3 Å². The van der Waals surface area contributed by atoms with Crippen LogP contribution in [0.4, 0.5) is 5.69 Å². The largest absolute Gasteiger partial charge is 0.480 e.